The van der Waals surface area contributed by atoms with E-state index in [-0.39, 0.29) is 56.5 Å². The molecule has 2 fully saturated rings. The highest BCUT2D eigenvalue weighted by Gasteiger charge is 2.40. The molecule has 9 amide bonds. The lowest BCUT2D eigenvalue weighted by Crippen LogP contribution is -2.47. The average molecular weight is 566 g/mol. The molecule has 2 saturated heterocycles. The first-order valence-electron chi connectivity index (χ1n) is 12.9. The van der Waals surface area contributed by atoms with E-state index in [0.29, 0.717) is 5.01 Å². The van der Waals surface area contributed by atoms with Gasteiger partial charge in [-0.1, -0.05) is 20.8 Å². The van der Waals surface area contributed by atoms with Crippen molar-refractivity contribution in [2.75, 3.05) is 32.7 Å². The number of nitrogens with zero attached hydrogens (tertiary/aromatic N) is 2. The van der Waals surface area contributed by atoms with Crippen LogP contribution in [0, 0.1) is 17.8 Å². The number of carbonyl (C=O) groups excluding carboxylic acids is 9. The molecule has 5 N–H and O–H groups in total. The lowest BCUT2D eigenvalue weighted by atomic mass is 9.94. The van der Waals surface area contributed by atoms with Crippen LogP contribution in [-0.2, 0) is 43.2 Å². The largest absolute Gasteiger partial charge is 0.354 e. The molecule has 0 aromatic heterocycles. The smallest absolute Gasteiger partial charge is 0.251 e. The number of hydrogen-bond acceptors (Lipinski definition) is 9. The minimum Gasteiger partial charge on any atom is -0.354 e. The predicted molar refractivity (Wildman–Crippen MR) is 135 cm³/mol. The van der Waals surface area contributed by atoms with Crippen LogP contribution in [0.3, 0.4) is 0 Å². The highest BCUT2D eigenvalue weighted by atomic mass is 16.2. The van der Waals surface area contributed by atoms with Crippen LogP contribution in [-0.4, -0.2) is 95.8 Å². The fourth-order valence-corrected chi connectivity index (χ4v) is 3.89. The van der Waals surface area contributed by atoms with E-state index in [2.05, 4.69) is 26.7 Å². The Bertz CT molecular complexity index is 1070. The van der Waals surface area contributed by atoms with Gasteiger partial charge in [0.1, 0.15) is 0 Å². The van der Waals surface area contributed by atoms with E-state index in [4.69, 9.17) is 0 Å². The van der Waals surface area contributed by atoms with Gasteiger partial charge in [0.25, 0.3) is 5.91 Å². The van der Waals surface area contributed by atoms with Crippen molar-refractivity contribution in [1.29, 1.82) is 0 Å². The summed E-state index contributed by atoms with van der Waals surface area (Å²) in [6, 6.07) is 0. The van der Waals surface area contributed by atoms with Gasteiger partial charge >= 0.3 is 0 Å². The Morgan fingerprint density at radius 3 is 1.77 bits per heavy atom. The second-order valence-electron chi connectivity index (χ2n) is 9.83. The molecule has 2 atom stereocenters. The minimum atomic E-state index is -0.682. The van der Waals surface area contributed by atoms with Gasteiger partial charge < -0.3 is 21.3 Å². The van der Waals surface area contributed by atoms with Crippen LogP contribution in [0.15, 0.2) is 0 Å². The van der Waals surface area contributed by atoms with Gasteiger partial charge in [0.15, 0.2) is 0 Å². The Labute approximate surface area is 230 Å². The van der Waals surface area contributed by atoms with Crippen LogP contribution in [0.2, 0.25) is 0 Å². The molecular formula is C24H35N7O9. The highest BCUT2D eigenvalue weighted by molar-refractivity contribution is 6.05. The molecule has 0 saturated carbocycles. The lowest BCUT2D eigenvalue weighted by Gasteiger charge is -2.16. The topological polar surface area (TPSA) is 220 Å². The highest BCUT2D eigenvalue weighted by Crippen LogP contribution is 2.26. The Balaban J connectivity index is 1.54. The van der Waals surface area contributed by atoms with Crippen LogP contribution in [0.1, 0.15) is 46.5 Å². The molecule has 0 aromatic rings. The van der Waals surface area contributed by atoms with Gasteiger partial charge in [0.2, 0.25) is 47.3 Å². The van der Waals surface area contributed by atoms with Crippen molar-refractivity contribution in [2.45, 2.75) is 46.5 Å². The van der Waals surface area contributed by atoms with Crippen molar-refractivity contribution < 1.29 is 43.2 Å². The van der Waals surface area contributed by atoms with Crippen molar-refractivity contribution in [3.05, 3.63) is 0 Å². The van der Waals surface area contributed by atoms with E-state index in [9.17, 15) is 43.2 Å². The number of hydrogen-bond donors (Lipinski definition) is 5. The minimum absolute atomic E-state index is 0.00877. The van der Waals surface area contributed by atoms with Gasteiger partial charge in [-0.2, -0.15) is 5.01 Å². The molecular weight excluding hydrogens is 530 g/mol. The van der Waals surface area contributed by atoms with Crippen LogP contribution >= 0.6 is 0 Å². The molecule has 16 nitrogen and oxygen atoms in total. The summed E-state index contributed by atoms with van der Waals surface area (Å²) in [6.45, 7) is 3.74. The molecule has 0 radical (unpaired) electrons. The first-order chi connectivity index (χ1) is 18.8. The van der Waals surface area contributed by atoms with Crippen LogP contribution in [0.4, 0.5) is 0 Å². The van der Waals surface area contributed by atoms with E-state index >= 15 is 0 Å². The SMILES string of the molecule is CC1CC(=O)N(NC(=O)CCNC(=O)CNC(=O)CNC(=O)CNC(=O)CCN2C(=O)CC(C(C)C)C2=O)C1=O. The molecule has 2 unspecified atom stereocenters. The summed E-state index contributed by atoms with van der Waals surface area (Å²) in [7, 11) is 0. The van der Waals surface area contributed by atoms with Gasteiger partial charge in [0.05, 0.1) is 19.6 Å². The summed E-state index contributed by atoms with van der Waals surface area (Å²) in [5, 5.41) is 9.92. The molecule has 0 spiro atoms. The third-order valence-corrected chi connectivity index (χ3v) is 6.27. The molecule has 0 bridgehead atoms. The average Bonchev–Trinajstić information content (AvgIpc) is 3.31. The number of imide groups is 2. The summed E-state index contributed by atoms with van der Waals surface area (Å²) in [6.07, 6.45) is -0.253. The van der Waals surface area contributed by atoms with E-state index in [1.54, 1.807) is 6.92 Å². The first kappa shape index (κ1) is 31.8. The third kappa shape index (κ3) is 9.43. The molecule has 16 heteroatoms. The predicted octanol–water partition coefficient (Wildman–Crippen LogP) is -3.31. The number of hydrazine groups is 1. The lowest BCUT2D eigenvalue weighted by molar-refractivity contribution is -0.148. The number of nitrogens with one attached hydrogen (secondary N) is 5. The summed E-state index contributed by atoms with van der Waals surface area (Å²) in [4.78, 5) is 108. The molecule has 0 aliphatic carbocycles. The maximum Gasteiger partial charge on any atom is 0.251 e. The van der Waals surface area contributed by atoms with Gasteiger partial charge in [-0.25, -0.2) is 0 Å². The van der Waals surface area contributed by atoms with Gasteiger partial charge in [0, 0.05) is 50.6 Å². The van der Waals surface area contributed by atoms with Crippen molar-refractivity contribution in [3.8, 4) is 0 Å². The Hall–Kier alpha value is -4.37. The Morgan fingerprint density at radius 1 is 0.725 bits per heavy atom. The van der Waals surface area contributed by atoms with E-state index < -0.39 is 72.8 Å². The molecule has 2 heterocycles. The fourth-order valence-electron chi connectivity index (χ4n) is 3.89. The fraction of sp³-hybridized carbons (Fsp3) is 0.625. The zero-order chi connectivity index (χ0) is 30.0. The summed E-state index contributed by atoms with van der Waals surface area (Å²) >= 11 is 0. The monoisotopic (exact) mass is 565 g/mol. The Kier molecular flexibility index (Phi) is 11.7. The van der Waals surface area contributed by atoms with Crippen LogP contribution in [0.25, 0.3) is 0 Å². The standard InChI is InChI=1S/C24H35N7O9/c1-13(2)15-9-21(37)30(24(15)40)7-5-16(32)26-11-19(35)28-12-20(36)27-10-18(34)25-6-4-17(33)29-31-22(38)8-14(3)23(31)39/h13-15H,4-12H2,1-3H3,(H,25,34)(H,26,32)(H,27,36)(H,28,35)(H,29,33). The molecule has 40 heavy (non-hydrogen) atoms. The van der Waals surface area contributed by atoms with E-state index in [1.165, 1.54) is 0 Å². The third-order valence-electron chi connectivity index (χ3n) is 6.27. The molecule has 2 aliphatic heterocycles. The zero-order valence-corrected chi connectivity index (χ0v) is 22.7. The van der Waals surface area contributed by atoms with Crippen molar-refractivity contribution in [3.63, 3.8) is 0 Å². The molecule has 2 rings (SSSR count). The normalized spacial score (nSPS) is 18.7. The number of amides is 9. The maximum atomic E-state index is 12.3. The summed E-state index contributed by atoms with van der Waals surface area (Å²) < 4.78 is 0. The molecule has 2 aliphatic rings. The van der Waals surface area contributed by atoms with Crippen LogP contribution < -0.4 is 26.7 Å². The van der Waals surface area contributed by atoms with Crippen LogP contribution in [0.5, 0.6) is 0 Å². The van der Waals surface area contributed by atoms with Gasteiger partial charge in [-0.3, -0.25) is 53.5 Å². The maximum absolute atomic E-state index is 12.3. The van der Waals surface area contributed by atoms with E-state index in [0.717, 1.165) is 4.90 Å². The van der Waals surface area contributed by atoms with Gasteiger partial charge in [-0.05, 0) is 5.92 Å². The summed E-state index contributed by atoms with van der Waals surface area (Å²) in [5.41, 5.74) is 2.18. The quantitative estimate of drug-likeness (QED) is 0.133. The zero-order valence-electron chi connectivity index (χ0n) is 22.7. The molecule has 0 aromatic carbocycles. The summed E-state index contributed by atoms with van der Waals surface area (Å²) in [5.74, 6) is -5.72. The first-order valence-corrected chi connectivity index (χ1v) is 12.9. The molecule has 220 valence electrons. The van der Waals surface area contributed by atoms with E-state index in [1.807, 2.05) is 13.8 Å². The van der Waals surface area contributed by atoms with Gasteiger partial charge in [-0.15, -0.1) is 0 Å². The van der Waals surface area contributed by atoms with Crippen molar-refractivity contribution >= 4 is 53.2 Å². The van der Waals surface area contributed by atoms with Crippen molar-refractivity contribution in [2.24, 2.45) is 17.8 Å². The Morgan fingerprint density at radius 2 is 1.27 bits per heavy atom. The second-order valence-corrected chi connectivity index (χ2v) is 9.83. The number of likely N-dealkylation sites (tertiary alicyclic amines) is 1. The van der Waals surface area contributed by atoms with Crippen molar-refractivity contribution in [1.82, 2.24) is 36.6 Å². The second kappa shape index (κ2) is 14.7. The number of carbonyl (C=O) groups is 9. The number of rotatable bonds is 14.